The van der Waals surface area contributed by atoms with Crippen LogP contribution in [-0.4, -0.2) is 25.5 Å². The minimum absolute atomic E-state index is 0. The van der Waals surface area contributed by atoms with Crippen molar-refractivity contribution in [1.82, 2.24) is 10.6 Å². The van der Waals surface area contributed by atoms with Crippen molar-refractivity contribution in [3.63, 3.8) is 0 Å². The van der Waals surface area contributed by atoms with Crippen LogP contribution in [0.25, 0.3) is 0 Å². The van der Waals surface area contributed by atoms with Gasteiger partial charge in [0.15, 0.2) is 0 Å². The highest BCUT2D eigenvalue weighted by atomic mass is 35.5. The second-order valence-electron chi connectivity index (χ2n) is 6.66. The van der Waals surface area contributed by atoms with Gasteiger partial charge in [0.1, 0.15) is 0 Å². The standard InChI is InChI=1S/C21H26N2O.ClH/c1-16(19-14-22-15-19)21(24)23-13-12-20(17-8-4-2-5-9-17)18-10-6-3-7-11-18;/h2-11,16,19-20,22H,12-15H2,1H3,(H,23,24);1H. The van der Waals surface area contributed by atoms with E-state index in [1.165, 1.54) is 11.1 Å². The average molecular weight is 359 g/mol. The van der Waals surface area contributed by atoms with Crippen LogP contribution < -0.4 is 10.6 Å². The summed E-state index contributed by atoms with van der Waals surface area (Å²) in [5.74, 6) is 1.08. The van der Waals surface area contributed by atoms with E-state index in [0.717, 1.165) is 19.5 Å². The first-order chi connectivity index (χ1) is 11.8. The highest BCUT2D eigenvalue weighted by molar-refractivity contribution is 5.85. The largest absolute Gasteiger partial charge is 0.356 e. The van der Waals surface area contributed by atoms with Crippen molar-refractivity contribution in [1.29, 1.82) is 0 Å². The lowest BCUT2D eigenvalue weighted by Gasteiger charge is -2.31. The summed E-state index contributed by atoms with van der Waals surface area (Å²) in [6.45, 7) is 4.67. The molecule has 1 heterocycles. The van der Waals surface area contributed by atoms with E-state index >= 15 is 0 Å². The molecule has 2 N–H and O–H groups in total. The summed E-state index contributed by atoms with van der Waals surface area (Å²) in [5, 5.41) is 6.37. The molecule has 0 bridgehead atoms. The van der Waals surface area contributed by atoms with Crippen LogP contribution in [0.5, 0.6) is 0 Å². The van der Waals surface area contributed by atoms with Gasteiger partial charge >= 0.3 is 0 Å². The third kappa shape index (κ3) is 5.07. The molecule has 2 aromatic carbocycles. The molecule has 0 aliphatic carbocycles. The van der Waals surface area contributed by atoms with Gasteiger partial charge in [0.2, 0.25) is 5.91 Å². The van der Waals surface area contributed by atoms with E-state index in [9.17, 15) is 4.79 Å². The maximum atomic E-state index is 12.3. The van der Waals surface area contributed by atoms with Crippen molar-refractivity contribution in [3.05, 3.63) is 71.8 Å². The quantitative estimate of drug-likeness (QED) is 0.794. The molecular formula is C21H27ClN2O. The monoisotopic (exact) mass is 358 g/mol. The Labute approximate surface area is 156 Å². The van der Waals surface area contributed by atoms with Crippen molar-refractivity contribution < 1.29 is 4.79 Å². The third-order valence-electron chi connectivity index (χ3n) is 5.07. The predicted molar refractivity (Wildman–Crippen MR) is 105 cm³/mol. The molecule has 0 radical (unpaired) electrons. The Bertz CT molecular complexity index is 604. The first-order valence-corrected chi connectivity index (χ1v) is 8.84. The fraction of sp³-hybridized carbons (Fsp3) is 0.381. The molecule has 1 amide bonds. The average Bonchev–Trinajstić information content (AvgIpc) is 2.58. The Kier molecular flexibility index (Phi) is 7.48. The number of carbonyl (C=O) groups is 1. The van der Waals surface area contributed by atoms with Crippen LogP contribution in [0.3, 0.4) is 0 Å². The van der Waals surface area contributed by atoms with Gasteiger partial charge in [0, 0.05) is 18.4 Å². The summed E-state index contributed by atoms with van der Waals surface area (Å²) in [7, 11) is 0. The first-order valence-electron chi connectivity index (χ1n) is 8.84. The summed E-state index contributed by atoms with van der Waals surface area (Å²) in [4.78, 5) is 12.3. The van der Waals surface area contributed by atoms with Crippen molar-refractivity contribution in [2.45, 2.75) is 19.3 Å². The molecule has 0 aromatic heterocycles. The van der Waals surface area contributed by atoms with Gasteiger partial charge < -0.3 is 10.6 Å². The Morgan fingerprint density at radius 2 is 1.56 bits per heavy atom. The molecule has 1 saturated heterocycles. The van der Waals surface area contributed by atoms with Crippen LogP contribution in [0.1, 0.15) is 30.4 Å². The normalized spacial score (nSPS) is 15.1. The zero-order chi connectivity index (χ0) is 16.8. The summed E-state index contributed by atoms with van der Waals surface area (Å²) >= 11 is 0. The SMILES string of the molecule is CC(C(=O)NCCC(c1ccccc1)c1ccccc1)C1CNC1.Cl. The van der Waals surface area contributed by atoms with Gasteiger partial charge in [0.05, 0.1) is 0 Å². The second-order valence-corrected chi connectivity index (χ2v) is 6.66. The van der Waals surface area contributed by atoms with Gasteiger partial charge in [-0.1, -0.05) is 67.6 Å². The van der Waals surface area contributed by atoms with Gasteiger partial charge in [-0.05, 0) is 36.6 Å². The van der Waals surface area contributed by atoms with E-state index < -0.39 is 0 Å². The van der Waals surface area contributed by atoms with E-state index in [2.05, 4.69) is 59.2 Å². The molecule has 1 fully saturated rings. The zero-order valence-electron chi connectivity index (χ0n) is 14.7. The number of halogens is 1. The van der Waals surface area contributed by atoms with E-state index in [1.807, 2.05) is 19.1 Å². The number of benzene rings is 2. The number of rotatable bonds is 7. The number of amides is 1. The fourth-order valence-corrected chi connectivity index (χ4v) is 3.28. The maximum Gasteiger partial charge on any atom is 0.223 e. The van der Waals surface area contributed by atoms with E-state index in [1.54, 1.807) is 0 Å². The third-order valence-corrected chi connectivity index (χ3v) is 5.07. The summed E-state index contributed by atoms with van der Waals surface area (Å²) in [5.41, 5.74) is 2.60. The topological polar surface area (TPSA) is 41.1 Å². The lowest BCUT2D eigenvalue weighted by atomic mass is 9.87. The van der Waals surface area contributed by atoms with Crippen molar-refractivity contribution in [2.24, 2.45) is 11.8 Å². The Morgan fingerprint density at radius 3 is 2.00 bits per heavy atom. The Morgan fingerprint density at radius 1 is 1.04 bits per heavy atom. The van der Waals surface area contributed by atoms with E-state index in [0.29, 0.717) is 18.4 Å². The van der Waals surface area contributed by atoms with Gasteiger partial charge in [-0.3, -0.25) is 4.79 Å². The fourth-order valence-electron chi connectivity index (χ4n) is 3.28. The molecule has 1 aliphatic heterocycles. The maximum absolute atomic E-state index is 12.3. The minimum atomic E-state index is 0. The molecular weight excluding hydrogens is 332 g/mol. The number of hydrogen-bond donors (Lipinski definition) is 2. The molecule has 2 aromatic rings. The molecule has 1 unspecified atom stereocenters. The zero-order valence-corrected chi connectivity index (χ0v) is 15.5. The summed E-state index contributed by atoms with van der Waals surface area (Å²) in [6.07, 6.45) is 0.912. The van der Waals surface area contributed by atoms with Crippen molar-refractivity contribution >= 4 is 18.3 Å². The van der Waals surface area contributed by atoms with Crippen LogP contribution in [0.15, 0.2) is 60.7 Å². The molecule has 1 atom stereocenters. The van der Waals surface area contributed by atoms with Gasteiger partial charge in [-0.15, -0.1) is 12.4 Å². The van der Waals surface area contributed by atoms with Gasteiger partial charge in [-0.25, -0.2) is 0 Å². The highest BCUT2D eigenvalue weighted by Gasteiger charge is 2.28. The van der Waals surface area contributed by atoms with Crippen molar-refractivity contribution in [3.8, 4) is 0 Å². The van der Waals surface area contributed by atoms with Gasteiger partial charge in [-0.2, -0.15) is 0 Å². The highest BCUT2D eigenvalue weighted by Crippen LogP contribution is 2.27. The number of hydrogen-bond acceptors (Lipinski definition) is 2. The lowest BCUT2D eigenvalue weighted by molar-refractivity contribution is -0.126. The van der Waals surface area contributed by atoms with Crippen LogP contribution in [-0.2, 0) is 4.79 Å². The molecule has 0 saturated carbocycles. The minimum Gasteiger partial charge on any atom is -0.356 e. The second kappa shape index (κ2) is 9.59. The van der Waals surface area contributed by atoms with Crippen LogP contribution >= 0.6 is 12.4 Å². The summed E-state index contributed by atoms with van der Waals surface area (Å²) < 4.78 is 0. The Balaban J connectivity index is 0.00000225. The van der Waals surface area contributed by atoms with Crippen LogP contribution in [0, 0.1) is 11.8 Å². The van der Waals surface area contributed by atoms with E-state index in [4.69, 9.17) is 0 Å². The van der Waals surface area contributed by atoms with Crippen LogP contribution in [0.2, 0.25) is 0 Å². The summed E-state index contributed by atoms with van der Waals surface area (Å²) in [6, 6.07) is 21.1. The molecule has 3 nitrogen and oxygen atoms in total. The smallest absolute Gasteiger partial charge is 0.223 e. The lowest BCUT2D eigenvalue weighted by Crippen LogP contribution is -2.49. The van der Waals surface area contributed by atoms with E-state index in [-0.39, 0.29) is 24.2 Å². The molecule has 0 spiro atoms. The first kappa shape index (κ1) is 19.5. The van der Waals surface area contributed by atoms with Crippen molar-refractivity contribution in [2.75, 3.05) is 19.6 Å². The van der Waals surface area contributed by atoms with Gasteiger partial charge in [0.25, 0.3) is 0 Å². The molecule has 134 valence electrons. The molecule has 1 aliphatic rings. The Hall–Kier alpha value is -1.84. The predicted octanol–water partition coefficient (Wildman–Crippen LogP) is 3.60. The van der Waals surface area contributed by atoms with Crippen LogP contribution in [0.4, 0.5) is 0 Å². The number of carbonyl (C=O) groups excluding carboxylic acids is 1. The molecule has 4 heteroatoms. The number of nitrogens with one attached hydrogen (secondary N) is 2. The molecule has 3 rings (SSSR count). The molecule has 25 heavy (non-hydrogen) atoms.